The van der Waals surface area contributed by atoms with Crippen molar-refractivity contribution in [3.05, 3.63) is 24.3 Å². The first-order valence-corrected chi connectivity index (χ1v) is 5.54. The summed E-state index contributed by atoms with van der Waals surface area (Å²) in [6.45, 7) is 8.06. The molecule has 2 heteroatoms. The number of hydrogen-bond acceptors (Lipinski definition) is 2. The van der Waals surface area contributed by atoms with Gasteiger partial charge in [-0.2, -0.15) is 0 Å². The van der Waals surface area contributed by atoms with Gasteiger partial charge >= 0.3 is 0 Å². The summed E-state index contributed by atoms with van der Waals surface area (Å²) in [5.41, 5.74) is 6.74. The maximum absolute atomic E-state index is 5.54. The van der Waals surface area contributed by atoms with Crippen LogP contribution in [0.15, 0.2) is 24.3 Å². The molecular formula is C12H22N2. The van der Waals surface area contributed by atoms with E-state index in [1.165, 1.54) is 24.8 Å². The Morgan fingerprint density at radius 3 is 3.00 bits per heavy atom. The molecule has 1 aliphatic heterocycles. The zero-order valence-electron chi connectivity index (χ0n) is 9.13. The van der Waals surface area contributed by atoms with Crippen molar-refractivity contribution in [2.75, 3.05) is 13.1 Å². The van der Waals surface area contributed by atoms with Gasteiger partial charge in [-0.1, -0.05) is 32.1 Å². The minimum atomic E-state index is 0.454. The zero-order valence-corrected chi connectivity index (χ0v) is 9.13. The van der Waals surface area contributed by atoms with E-state index >= 15 is 0 Å². The Bertz CT molecular complexity index is 202. The van der Waals surface area contributed by atoms with Crippen molar-refractivity contribution >= 4 is 0 Å². The molecular weight excluding hydrogens is 172 g/mol. The van der Waals surface area contributed by atoms with Gasteiger partial charge in [-0.3, -0.25) is 0 Å². The van der Waals surface area contributed by atoms with Gasteiger partial charge in [0.15, 0.2) is 0 Å². The van der Waals surface area contributed by atoms with Gasteiger partial charge in [-0.25, -0.2) is 0 Å². The summed E-state index contributed by atoms with van der Waals surface area (Å²) in [6.07, 6.45) is 8.11. The van der Waals surface area contributed by atoms with Crippen LogP contribution in [0.5, 0.6) is 0 Å². The molecule has 14 heavy (non-hydrogen) atoms. The summed E-state index contributed by atoms with van der Waals surface area (Å²) in [7, 11) is 0. The largest absolute Gasteiger partial charge is 0.330 e. The summed E-state index contributed by atoms with van der Waals surface area (Å²) in [5.74, 6) is 0.454. The normalized spacial score (nSPS) is 25.1. The van der Waals surface area contributed by atoms with Crippen LogP contribution in [-0.4, -0.2) is 19.1 Å². The van der Waals surface area contributed by atoms with E-state index in [1.807, 2.05) is 0 Å². The maximum atomic E-state index is 5.54. The van der Waals surface area contributed by atoms with Crippen molar-refractivity contribution in [3.8, 4) is 0 Å². The summed E-state index contributed by atoms with van der Waals surface area (Å²) in [6, 6.07) is 0.491. The van der Waals surface area contributed by atoms with E-state index in [4.69, 9.17) is 5.73 Å². The van der Waals surface area contributed by atoms with E-state index in [2.05, 4.69) is 31.0 Å². The SMILES string of the molecule is C=C(/C=C\C(C)CN)C1CCCCN1. The Morgan fingerprint density at radius 2 is 2.43 bits per heavy atom. The van der Waals surface area contributed by atoms with Crippen LogP contribution in [0.1, 0.15) is 26.2 Å². The number of piperidine rings is 1. The molecule has 0 radical (unpaired) electrons. The van der Waals surface area contributed by atoms with E-state index in [1.54, 1.807) is 0 Å². The van der Waals surface area contributed by atoms with Crippen LogP contribution < -0.4 is 11.1 Å². The van der Waals surface area contributed by atoms with Crippen LogP contribution in [-0.2, 0) is 0 Å². The minimum absolute atomic E-state index is 0.454. The zero-order chi connectivity index (χ0) is 10.4. The van der Waals surface area contributed by atoms with Crippen LogP contribution in [0.3, 0.4) is 0 Å². The highest BCUT2D eigenvalue weighted by atomic mass is 14.9. The first kappa shape index (κ1) is 11.5. The monoisotopic (exact) mass is 194 g/mol. The first-order chi connectivity index (χ1) is 6.74. The average molecular weight is 194 g/mol. The predicted molar refractivity (Wildman–Crippen MR) is 62.1 cm³/mol. The third-order valence-corrected chi connectivity index (χ3v) is 2.77. The highest BCUT2D eigenvalue weighted by Gasteiger charge is 2.13. The molecule has 0 aromatic rings. The molecule has 2 unspecified atom stereocenters. The molecule has 1 rings (SSSR count). The van der Waals surface area contributed by atoms with Crippen LogP contribution in [0.4, 0.5) is 0 Å². The lowest BCUT2D eigenvalue weighted by Crippen LogP contribution is -2.34. The lowest BCUT2D eigenvalue weighted by atomic mass is 9.97. The second-order valence-electron chi connectivity index (χ2n) is 4.15. The highest BCUT2D eigenvalue weighted by molar-refractivity contribution is 5.22. The van der Waals surface area contributed by atoms with E-state index in [9.17, 15) is 0 Å². The topological polar surface area (TPSA) is 38.0 Å². The fourth-order valence-corrected chi connectivity index (χ4v) is 1.65. The molecule has 0 aromatic heterocycles. The summed E-state index contributed by atoms with van der Waals surface area (Å²) in [4.78, 5) is 0. The molecule has 1 saturated heterocycles. The van der Waals surface area contributed by atoms with Crippen molar-refractivity contribution < 1.29 is 0 Å². The Balaban J connectivity index is 2.36. The van der Waals surface area contributed by atoms with Crippen molar-refractivity contribution in [1.29, 1.82) is 0 Å². The Labute approximate surface area is 87.3 Å². The van der Waals surface area contributed by atoms with E-state index in [-0.39, 0.29) is 0 Å². The predicted octanol–water partition coefficient (Wildman–Crippen LogP) is 1.84. The van der Waals surface area contributed by atoms with Gasteiger partial charge in [0.2, 0.25) is 0 Å². The minimum Gasteiger partial charge on any atom is -0.330 e. The van der Waals surface area contributed by atoms with E-state index in [0.29, 0.717) is 18.5 Å². The lowest BCUT2D eigenvalue weighted by molar-refractivity contribution is 0.445. The lowest BCUT2D eigenvalue weighted by Gasteiger charge is -2.24. The number of nitrogens with two attached hydrogens (primary N) is 1. The molecule has 1 heterocycles. The van der Waals surface area contributed by atoms with Crippen molar-refractivity contribution in [3.63, 3.8) is 0 Å². The molecule has 2 atom stereocenters. The molecule has 1 fully saturated rings. The van der Waals surface area contributed by atoms with Gasteiger partial charge in [0.05, 0.1) is 0 Å². The Morgan fingerprint density at radius 1 is 1.64 bits per heavy atom. The van der Waals surface area contributed by atoms with E-state index in [0.717, 1.165) is 6.54 Å². The quantitative estimate of drug-likeness (QED) is 0.670. The summed E-state index contributed by atoms with van der Waals surface area (Å²) < 4.78 is 0. The second-order valence-corrected chi connectivity index (χ2v) is 4.15. The van der Waals surface area contributed by atoms with Gasteiger partial charge in [-0.05, 0) is 37.4 Å². The molecule has 2 nitrogen and oxygen atoms in total. The molecule has 0 bridgehead atoms. The first-order valence-electron chi connectivity index (χ1n) is 5.54. The number of hydrogen-bond donors (Lipinski definition) is 2. The molecule has 0 aromatic carbocycles. The summed E-state index contributed by atoms with van der Waals surface area (Å²) in [5, 5.41) is 3.48. The van der Waals surface area contributed by atoms with Crippen molar-refractivity contribution in [2.24, 2.45) is 11.7 Å². The highest BCUT2D eigenvalue weighted by Crippen LogP contribution is 2.14. The van der Waals surface area contributed by atoms with Gasteiger partial charge in [0.1, 0.15) is 0 Å². The Kier molecular flexibility index (Phi) is 4.91. The molecule has 1 aliphatic rings. The van der Waals surface area contributed by atoms with Gasteiger partial charge in [0, 0.05) is 6.04 Å². The van der Waals surface area contributed by atoms with Crippen LogP contribution in [0.2, 0.25) is 0 Å². The van der Waals surface area contributed by atoms with Crippen molar-refractivity contribution in [2.45, 2.75) is 32.2 Å². The molecule has 0 aliphatic carbocycles. The molecule has 0 amide bonds. The Hall–Kier alpha value is -0.600. The molecule has 0 saturated carbocycles. The number of nitrogens with one attached hydrogen (secondary N) is 1. The third kappa shape index (κ3) is 3.64. The van der Waals surface area contributed by atoms with Gasteiger partial charge in [-0.15, -0.1) is 0 Å². The van der Waals surface area contributed by atoms with Gasteiger partial charge in [0.25, 0.3) is 0 Å². The van der Waals surface area contributed by atoms with Crippen molar-refractivity contribution in [1.82, 2.24) is 5.32 Å². The van der Waals surface area contributed by atoms with Crippen LogP contribution in [0.25, 0.3) is 0 Å². The van der Waals surface area contributed by atoms with E-state index < -0.39 is 0 Å². The fourth-order valence-electron chi connectivity index (χ4n) is 1.65. The number of rotatable bonds is 4. The average Bonchev–Trinajstić information content (AvgIpc) is 2.26. The fraction of sp³-hybridized carbons (Fsp3) is 0.667. The summed E-state index contributed by atoms with van der Waals surface area (Å²) >= 11 is 0. The smallest absolute Gasteiger partial charge is 0.0314 e. The van der Waals surface area contributed by atoms with Crippen LogP contribution in [0, 0.1) is 5.92 Å². The van der Waals surface area contributed by atoms with Gasteiger partial charge < -0.3 is 11.1 Å². The molecule has 0 spiro atoms. The second kappa shape index (κ2) is 5.99. The maximum Gasteiger partial charge on any atom is 0.0314 e. The molecule has 3 N–H and O–H groups in total. The third-order valence-electron chi connectivity index (χ3n) is 2.77. The standard InChI is InChI=1S/C12H22N2/c1-10(9-13)6-7-11(2)12-5-3-4-8-14-12/h6-7,10,12,14H,2-5,8-9,13H2,1H3/b7-6-. The van der Waals surface area contributed by atoms with Crippen LogP contribution >= 0.6 is 0 Å². The molecule has 80 valence electrons.